The van der Waals surface area contributed by atoms with Gasteiger partial charge in [-0.2, -0.15) is 0 Å². The van der Waals surface area contributed by atoms with E-state index in [-0.39, 0.29) is 16.2 Å². The van der Waals surface area contributed by atoms with Crippen LogP contribution in [-0.4, -0.2) is 14.5 Å². The van der Waals surface area contributed by atoms with Gasteiger partial charge in [-0.15, -0.1) is 13.2 Å². The third-order valence-electron chi connectivity index (χ3n) is 2.86. The minimum absolute atomic E-state index is 0.115. The molecule has 0 aromatic heterocycles. The fraction of sp³-hybridized carbons (Fsp3) is 0.692. The van der Waals surface area contributed by atoms with Crippen molar-refractivity contribution in [1.82, 2.24) is 4.72 Å². The van der Waals surface area contributed by atoms with Crippen LogP contribution in [0.3, 0.4) is 0 Å². The standard InChI is InChI=1S/C13H25NOS/c1-8-11(9-2)13(7,10-3)14-16(15)12(4,5)6/h8-9,11,14H,1-2,10H2,3-7H3/t13-,16?/m1/s1. The maximum absolute atomic E-state index is 12.1. The molecule has 0 aromatic carbocycles. The Hall–Kier alpha value is -0.410. The minimum atomic E-state index is -1.08. The van der Waals surface area contributed by atoms with Gasteiger partial charge in [0.05, 0.1) is 15.7 Å². The van der Waals surface area contributed by atoms with Crippen molar-refractivity contribution in [3.8, 4) is 0 Å². The van der Waals surface area contributed by atoms with Crippen LogP contribution in [-0.2, 0) is 11.0 Å². The first-order valence-corrected chi connectivity index (χ1v) is 6.81. The first-order valence-electron chi connectivity index (χ1n) is 5.66. The zero-order valence-corrected chi connectivity index (χ0v) is 12.0. The molecule has 94 valence electrons. The molecule has 16 heavy (non-hydrogen) atoms. The van der Waals surface area contributed by atoms with Crippen molar-refractivity contribution < 1.29 is 4.21 Å². The highest BCUT2D eigenvalue weighted by molar-refractivity contribution is 7.84. The largest absolute Gasteiger partial charge is 0.242 e. The molecular weight excluding hydrogens is 218 g/mol. The second-order valence-electron chi connectivity index (χ2n) is 5.25. The normalized spacial score (nSPS) is 17.9. The third kappa shape index (κ3) is 3.87. The first-order chi connectivity index (χ1) is 7.21. The molecular formula is C13H25NOS. The van der Waals surface area contributed by atoms with Gasteiger partial charge in [0.2, 0.25) is 0 Å². The van der Waals surface area contributed by atoms with Gasteiger partial charge < -0.3 is 0 Å². The van der Waals surface area contributed by atoms with E-state index in [1.54, 1.807) is 0 Å². The molecule has 0 saturated heterocycles. The van der Waals surface area contributed by atoms with E-state index in [0.717, 1.165) is 6.42 Å². The van der Waals surface area contributed by atoms with Gasteiger partial charge >= 0.3 is 0 Å². The van der Waals surface area contributed by atoms with Crippen LogP contribution < -0.4 is 4.72 Å². The summed E-state index contributed by atoms with van der Waals surface area (Å²) in [5.41, 5.74) is -0.248. The third-order valence-corrected chi connectivity index (χ3v) is 4.62. The van der Waals surface area contributed by atoms with Crippen molar-refractivity contribution in [3.63, 3.8) is 0 Å². The summed E-state index contributed by atoms with van der Waals surface area (Å²) in [5, 5.41) is 0. The second-order valence-corrected chi connectivity index (χ2v) is 7.22. The SMILES string of the molecule is C=CC(C=C)[C@@](C)(CC)NS(=O)C(C)(C)C. The molecule has 0 spiro atoms. The Morgan fingerprint density at radius 2 is 1.69 bits per heavy atom. The van der Waals surface area contributed by atoms with E-state index in [2.05, 4.69) is 31.7 Å². The number of nitrogens with one attached hydrogen (secondary N) is 1. The molecule has 3 heteroatoms. The van der Waals surface area contributed by atoms with Crippen molar-refractivity contribution in [2.75, 3.05) is 0 Å². The van der Waals surface area contributed by atoms with Gasteiger partial charge in [0.25, 0.3) is 0 Å². The minimum Gasteiger partial charge on any atom is -0.242 e. The topological polar surface area (TPSA) is 29.1 Å². The summed E-state index contributed by atoms with van der Waals surface area (Å²) in [4.78, 5) is 0. The Bertz CT molecular complexity index is 272. The lowest BCUT2D eigenvalue weighted by Crippen LogP contribution is -2.51. The van der Waals surface area contributed by atoms with Crippen LogP contribution in [0.2, 0.25) is 0 Å². The lowest BCUT2D eigenvalue weighted by atomic mass is 9.84. The van der Waals surface area contributed by atoms with Gasteiger partial charge in [-0.3, -0.25) is 0 Å². The Morgan fingerprint density at radius 3 is 1.94 bits per heavy atom. The highest BCUT2D eigenvalue weighted by Gasteiger charge is 2.33. The molecule has 0 aliphatic rings. The Kier molecular flexibility index (Phi) is 5.63. The molecule has 0 radical (unpaired) electrons. The monoisotopic (exact) mass is 243 g/mol. The second kappa shape index (κ2) is 5.78. The highest BCUT2D eigenvalue weighted by Crippen LogP contribution is 2.25. The van der Waals surface area contributed by atoms with Crippen LogP contribution in [0.15, 0.2) is 25.3 Å². The molecule has 2 atom stereocenters. The summed E-state index contributed by atoms with van der Waals surface area (Å²) in [5.74, 6) is 0.115. The van der Waals surface area contributed by atoms with Crippen LogP contribution in [0.5, 0.6) is 0 Å². The lowest BCUT2D eigenvalue weighted by Gasteiger charge is -2.36. The van der Waals surface area contributed by atoms with E-state index in [1.807, 2.05) is 32.9 Å². The Labute approximate surface area is 103 Å². The van der Waals surface area contributed by atoms with E-state index in [0.29, 0.717) is 0 Å². The fourth-order valence-corrected chi connectivity index (χ4v) is 2.37. The van der Waals surface area contributed by atoms with E-state index in [4.69, 9.17) is 0 Å². The smallest absolute Gasteiger partial charge is 0.0975 e. The van der Waals surface area contributed by atoms with Crippen molar-refractivity contribution in [1.29, 1.82) is 0 Å². The molecule has 0 heterocycles. The average Bonchev–Trinajstić information content (AvgIpc) is 2.18. The highest BCUT2D eigenvalue weighted by atomic mass is 32.2. The molecule has 0 aliphatic carbocycles. The predicted octanol–water partition coefficient (Wildman–Crippen LogP) is 3.20. The zero-order chi connectivity index (χ0) is 13.0. The van der Waals surface area contributed by atoms with Crippen molar-refractivity contribution >= 4 is 11.0 Å². The van der Waals surface area contributed by atoms with E-state index < -0.39 is 11.0 Å². The Morgan fingerprint density at radius 1 is 1.25 bits per heavy atom. The summed E-state index contributed by atoms with van der Waals surface area (Å²) < 4.78 is 15.1. The number of hydrogen-bond donors (Lipinski definition) is 1. The molecule has 0 saturated carbocycles. The van der Waals surface area contributed by atoms with Crippen molar-refractivity contribution in [2.45, 2.75) is 51.3 Å². The maximum Gasteiger partial charge on any atom is 0.0975 e. The molecule has 0 rings (SSSR count). The molecule has 0 bridgehead atoms. The van der Waals surface area contributed by atoms with Gasteiger partial charge in [0.1, 0.15) is 0 Å². The molecule has 0 aromatic rings. The van der Waals surface area contributed by atoms with Gasteiger partial charge in [0.15, 0.2) is 0 Å². The summed E-state index contributed by atoms with van der Waals surface area (Å²) in [6.07, 6.45) is 4.57. The molecule has 0 amide bonds. The fourth-order valence-electron chi connectivity index (χ4n) is 1.36. The summed E-state index contributed by atoms with van der Waals surface area (Å²) in [6.45, 7) is 17.6. The van der Waals surface area contributed by atoms with Crippen LogP contribution in [0.25, 0.3) is 0 Å². The van der Waals surface area contributed by atoms with E-state index >= 15 is 0 Å². The summed E-state index contributed by atoms with van der Waals surface area (Å²) >= 11 is 0. The van der Waals surface area contributed by atoms with Crippen LogP contribution in [0, 0.1) is 5.92 Å². The van der Waals surface area contributed by atoms with Crippen molar-refractivity contribution in [3.05, 3.63) is 25.3 Å². The van der Waals surface area contributed by atoms with E-state index in [1.165, 1.54) is 0 Å². The molecule has 0 fully saturated rings. The average molecular weight is 243 g/mol. The van der Waals surface area contributed by atoms with Gasteiger partial charge in [-0.1, -0.05) is 19.1 Å². The van der Waals surface area contributed by atoms with E-state index in [9.17, 15) is 4.21 Å². The summed E-state index contributed by atoms with van der Waals surface area (Å²) in [7, 11) is -1.08. The molecule has 0 aliphatic heterocycles. The van der Waals surface area contributed by atoms with Crippen LogP contribution in [0.4, 0.5) is 0 Å². The predicted molar refractivity (Wildman–Crippen MR) is 73.6 cm³/mol. The van der Waals surface area contributed by atoms with Gasteiger partial charge in [-0.25, -0.2) is 8.93 Å². The van der Waals surface area contributed by atoms with Crippen LogP contribution in [0.1, 0.15) is 41.0 Å². The van der Waals surface area contributed by atoms with Crippen LogP contribution >= 0.6 is 0 Å². The number of hydrogen-bond acceptors (Lipinski definition) is 1. The van der Waals surface area contributed by atoms with Gasteiger partial charge in [0, 0.05) is 11.5 Å². The molecule has 1 unspecified atom stereocenters. The van der Waals surface area contributed by atoms with Gasteiger partial charge in [-0.05, 0) is 34.1 Å². The summed E-state index contributed by atoms with van der Waals surface area (Å²) in [6, 6.07) is 0. The molecule has 2 nitrogen and oxygen atoms in total. The quantitative estimate of drug-likeness (QED) is 0.713. The zero-order valence-electron chi connectivity index (χ0n) is 11.2. The molecule has 1 N–H and O–H groups in total. The first kappa shape index (κ1) is 15.6. The number of rotatable bonds is 6. The maximum atomic E-state index is 12.1. The Balaban J connectivity index is 4.92. The van der Waals surface area contributed by atoms with Crippen molar-refractivity contribution in [2.24, 2.45) is 5.92 Å². The lowest BCUT2D eigenvalue weighted by molar-refractivity contribution is 0.351.